The van der Waals surface area contributed by atoms with Crippen molar-refractivity contribution in [3.63, 3.8) is 0 Å². The fraction of sp³-hybridized carbons (Fsp3) is 0.333. The van der Waals surface area contributed by atoms with Gasteiger partial charge in [-0.05, 0) is 45.9 Å². The molecule has 166 valence electrons. The second-order valence-electron chi connectivity index (χ2n) is 7.03. The largest absolute Gasteiger partial charge is 0.345 e. The zero-order valence-corrected chi connectivity index (χ0v) is 20.5. The van der Waals surface area contributed by atoms with E-state index < -0.39 is 10.0 Å². The smallest absolute Gasteiger partial charge is 0.265 e. The standard InChI is InChI=1S/C21H25ClN4O3S2/c1-6-26(7-2)21(27)19-13(3)23-20(30-19)17-12-18(14(4)25(17)5)31(28,29)24-16-11-9-8-10-15(16)22/h8-12,24H,6-7H2,1-5H3. The molecular weight excluding hydrogens is 456 g/mol. The molecule has 0 aliphatic heterocycles. The van der Waals surface area contributed by atoms with Crippen LogP contribution >= 0.6 is 22.9 Å². The molecule has 3 aromatic rings. The fourth-order valence-corrected chi connectivity index (χ4v) is 5.95. The molecule has 0 aliphatic carbocycles. The van der Waals surface area contributed by atoms with Gasteiger partial charge >= 0.3 is 0 Å². The van der Waals surface area contributed by atoms with E-state index in [1.165, 1.54) is 11.3 Å². The van der Waals surface area contributed by atoms with Gasteiger partial charge in [-0.25, -0.2) is 13.4 Å². The van der Waals surface area contributed by atoms with Crippen LogP contribution in [0, 0.1) is 13.8 Å². The van der Waals surface area contributed by atoms with Gasteiger partial charge in [0.05, 0.1) is 22.1 Å². The van der Waals surface area contributed by atoms with Crippen LogP contribution < -0.4 is 4.72 Å². The number of para-hydroxylation sites is 1. The number of hydrogen-bond acceptors (Lipinski definition) is 5. The SMILES string of the molecule is CCN(CC)C(=O)c1sc(-c2cc(S(=O)(=O)Nc3ccccc3Cl)c(C)n2C)nc1C. The maximum atomic E-state index is 13.1. The van der Waals surface area contributed by atoms with Crippen molar-refractivity contribution < 1.29 is 13.2 Å². The quantitative estimate of drug-likeness (QED) is 0.531. The van der Waals surface area contributed by atoms with Gasteiger partial charge in [0.15, 0.2) is 0 Å². The zero-order chi connectivity index (χ0) is 22.9. The van der Waals surface area contributed by atoms with Crippen LogP contribution in [0.15, 0.2) is 35.2 Å². The molecule has 3 rings (SSSR count). The highest BCUT2D eigenvalue weighted by molar-refractivity contribution is 7.92. The van der Waals surface area contributed by atoms with E-state index in [-0.39, 0.29) is 10.8 Å². The molecule has 0 radical (unpaired) electrons. The molecule has 0 atom stereocenters. The predicted molar refractivity (Wildman–Crippen MR) is 126 cm³/mol. The first kappa shape index (κ1) is 23.3. The number of carbonyl (C=O) groups is 1. The number of thiazole rings is 1. The zero-order valence-electron chi connectivity index (χ0n) is 18.1. The van der Waals surface area contributed by atoms with E-state index in [1.54, 1.807) is 60.7 Å². The maximum absolute atomic E-state index is 13.1. The summed E-state index contributed by atoms with van der Waals surface area (Å²) in [6, 6.07) is 8.25. The number of hydrogen-bond donors (Lipinski definition) is 1. The van der Waals surface area contributed by atoms with Gasteiger partial charge in [-0.1, -0.05) is 23.7 Å². The minimum absolute atomic E-state index is 0.0644. The topological polar surface area (TPSA) is 84.3 Å². The number of nitrogens with one attached hydrogen (secondary N) is 1. The molecule has 0 bridgehead atoms. The Kier molecular flexibility index (Phi) is 6.78. The average Bonchev–Trinajstić information content (AvgIpc) is 3.25. The molecule has 0 saturated heterocycles. The highest BCUT2D eigenvalue weighted by Gasteiger charge is 2.26. The van der Waals surface area contributed by atoms with Crippen LogP contribution in [-0.4, -0.2) is 41.9 Å². The summed E-state index contributed by atoms with van der Waals surface area (Å²) < 4.78 is 30.4. The van der Waals surface area contributed by atoms with Crippen molar-refractivity contribution in [3.05, 3.63) is 51.6 Å². The van der Waals surface area contributed by atoms with Crippen molar-refractivity contribution in [2.24, 2.45) is 7.05 Å². The van der Waals surface area contributed by atoms with E-state index in [9.17, 15) is 13.2 Å². The minimum Gasteiger partial charge on any atom is -0.345 e. The van der Waals surface area contributed by atoms with Gasteiger partial charge in [-0.2, -0.15) is 0 Å². The van der Waals surface area contributed by atoms with Crippen molar-refractivity contribution in [3.8, 4) is 10.7 Å². The molecule has 0 aliphatic rings. The molecule has 2 heterocycles. The molecule has 7 nitrogen and oxygen atoms in total. The lowest BCUT2D eigenvalue weighted by Crippen LogP contribution is -2.30. The van der Waals surface area contributed by atoms with Crippen molar-refractivity contribution in [2.75, 3.05) is 17.8 Å². The molecule has 2 aromatic heterocycles. The van der Waals surface area contributed by atoms with E-state index in [0.29, 0.717) is 50.8 Å². The lowest BCUT2D eigenvalue weighted by molar-refractivity contribution is 0.0777. The maximum Gasteiger partial charge on any atom is 0.265 e. The monoisotopic (exact) mass is 480 g/mol. The third-order valence-electron chi connectivity index (χ3n) is 5.16. The van der Waals surface area contributed by atoms with E-state index in [0.717, 1.165) is 0 Å². The molecule has 0 unspecified atom stereocenters. The number of amides is 1. The lowest BCUT2D eigenvalue weighted by atomic mass is 10.3. The second kappa shape index (κ2) is 9.02. The van der Waals surface area contributed by atoms with Crippen molar-refractivity contribution >= 4 is 44.6 Å². The van der Waals surface area contributed by atoms with E-state index in [2.05, 4.69) is 9.71 Å². The highest BCUT2D eigenvalue weighted by Crippen LogP contribution is 2.34. The number of rotatable bonds is 7. The molecule has 10 heteroatoms. The molecule has 31 heavy (non-hydrogen) atoms. The second-order valence-corrected chi connectivity index (χ2v) is 10.1. The number of nitrogens with zero attached hydrogens (tertiary/aromatic N) is 3. The summed E-state index contributed by atoms with van der Waals surface area (Å²) in [6.07, 6.45) is 0. The van der Waals surface area contributed by atoms with Crippen LogP contribution in [0.25, 0.3) is 10.7 Å². The van der Waals surface area contributed by atoms with Gasteiger partial charge in [0.25, 0.3) is 15.9 Å². The highest BCUT2D eigenvalue weighted by atomic mass is 35.5. The Bertz CT molecular complexity index is 1230. The summed E-state index contributed by atoms with van der Waals surface area (Å²) in [6.45, 7) is 8.61. The number of halogens is 1. The Morgan fingerprint density at radius 2 is 1.87 bits per heavy atom. The minimum atomic E-state index is -3.87. The molecule has 1 N–H and O–H groups in total. The molecule has 1 amide bonds. The summed E-state index contributed by atoms with van der Waals surface area (Å²) in [5, 5.41) is 0.910. The Labute approximate surface area is 191 Å². The predicted octanol–water partition coefficient (Wildman–Crippen LogP) is 4.70. The van der Waals surface area contributed by atoms with Crippen molar-refractivity contribution in [1.82, 2.24) is 14.5 Å². The van der Waals surface area contributed by atoms with Crippen LogP contribution in [-0.2, 0) is 17.1 Å². The first-order valence-electron chi connectivity index (χ1n) is 9.81. The Morgan fingerprint density at radius 1 is 1.23 bits per heavy atom. The lowest BCUT2D eigenvalue weighted by Gasteiger charge is -2.17. The van der Waals surface area contributed by atoms with Gasteiger partial charge in [0.2, 0.25) is 0 Å². The van der Waals surface area contributed by atoms with E-state index >= 15 is 0 Å². The third kappa shape index (κ3) is 4.49. The van der Waals surface area contributed by atoms with Crippen molar-refractivity contribution in [2.45, 2.75) is 32.6 Å². The van der Waals surface area contributed by atoms with E-state index in [4.69, 9.17) is 11.6 Å². The first-order valence-corrected chi connectivity index (χ1v) is 12.5. The summed E-state index contributed by atoms with van der Waals surface area (Å²) in [5.41, 5.74) is 2.13. The number of carbonyl (C=O) groups excluding carboxylic acids is 1. The molecular formula is C21H25ClN4O3S2. The van der Waals surface area contributed by atoms with Gasteiger partial charge < -0.3 is 9.47 Å². The van der Waals surface area contributed by atoms with Gasteiger partial charge in [0.1, 0.15) is 14.8 Å². The van der Waals surface area contributed by atoms with Crippen LogP contribution in [0.4, 0.5) is 5.69 Å². The summed E-state index contributed by atoms with van der Waals surface area (Å²) in [5.74, 6) is -0.0644. The first-order chi connectivity index (χ1) is 14.6. The average molecular weight is 481 g/mol. The summed E-state index contributed by atoms with van der Waals surface area (Å²) in [7, 11) is -2.09. The summed E-state index contributed by atoms with van der Waals surface area (Å²) >= 11 is 7.39. The Morgan fingerprint density at radius 3 is 2.48 bits per heavy atom. The van der Waals surface area contributed by atoms with Crippen LogP contribution in [0.5, 0.6) is 0 Å². The molecule has 0 saturated carbocycles. The fourth-order valence-electron chi connectivity index (χ4n) is 3.25. The van der Waals surface area contributed by atoms with Gasteiger partial charge in [0, 0.05) is 25.8 Å². The molecule has 0 fully saturated rings. The van der Waals surface area contributed by atoms with Crippen LogP contribution in [0.3, 0.4) is 0 Å². The van der Waals surface area contributed by atoms with Gasteiger partial charge in [-0.3, -0.25) is 9.52 Å². The Hall–Kier alpha value is -2.36. The number of sulfonamides is 1. The third-order valence-corrected chi connectivity index (χ3v) is 8.14. The number of aromatic nitrogens is 2. The number of aryl methyl sites for hydroxylation is 1. The van der Waals surface area contributed by atoms with Crippen LogP contribution in [0.1, 0.15) is 34.9 Å². The Balaban J connectivity index is 2.01. The van der Waals surface area contributed by atoms with Crippen LogP contribution in [0.2, 0.25) is 5.02 Å². The molecule has 0 spiro atoms. The van der Waals surface area contributed by atoms with Gasteiger partial charge in [-0.15, -0.1) is 11.3 Å². The normalized spacial score (nSPS) is 11.5. The van der Waals surface area contributed by atoms with Crippen molar-refractivity contribution in [1.29, 1.82) is 0 Å². The number of benzene rings is 1. The number of anilines is 1. The molecule has 1 aromatic carbocycles. The summed E-state index contributed by atoms with van der Waals surface area (Å²) in [4.78, 5) is 19.8. The van der Waals surface area contributed by atoms with E-state index in [1.807, 2.05) is 13.8 Å².